The van der Waals surface area contributed by atoms with Gasteiger partial charge in [-0.25, -0.2) is 4.39 Å². The van der Waals surface area contributed by atoms with Gasteiger partial charge in [0.15, 0.2) is 11.5 Å². The van der Waals surface area contributed by atoms with E-state index in [0.717, 1.165) is 12.1 Å². The van der Waals surface area contributed by atoms with E-state index < -0.39 is 0 Å². The molecule has 140 valence electrons. The first-order valence-corrected chi connectivity index (χ1v) is 9.09. The minimum Gasteiger partial charge on any atom is -0.493 e. The predicted molar refractivity (Wildman–Crippen MR) is 104 cm³/mol. The zero-order valence-corrected chi connectivity index (χ0v) is 15.7. The van der Waals surface area contributed by atoms with E-state index in [1.165, 1.54) is 11.6 Å². The molecule has 3 aromatic carbocycles. The fraction of sp³-hybridized carbons (Fsp3) is 0.217. The van der Waals surface area contributed by atoms with Gasteiger partial charge < -0.3 is 14.8 Å². The van der Waals surface area contributed by atoms with E-state index in [1.54, 1.807) is 25.3 Å². The minimum absolute atomic E-state index is 0.161. The summed E-state index contributed by atoms with van der Waals surface area (Å²) in [7, 11) is 1.62. The number of halogens is 1. The first kappa shape index (κ1) is 18.9. The van der Waals surface area contributed by atoms with Gasteiger partial charge in [0.05, 0.1) is 12.7 Å². The molecule has 27 heavy (non-hydrogen) atoms. The molecule has 0 saturated carbocycles. The Morgan fingerprint density at radius 2 is 1.59 bits per heavy atom. The van der Waals surface area contributed by atoms with Crippen LogP contribution in [0, 0.1) is 5.82 Å². The van der Waals surface area contributed by atoms with E-state index in [0.29, 0.717) is 23.1 Å². The molecule has 4 heteroatoms. The fourth-order valence-corrected chi connectivity index (χ4v) is 3.01. The van der Waals surface area contributed by atoms with Gasteiger partial charge in [-0.3, -0.25) is 0 Å². The second-order valence-corrected chi connectivity index (χ2v) is 6.47. The van der Waals surface area contributed by atoms with Crippen LogP contribution in [0.4, 0.5) is 4.39 Å². The van der Waals surface area contributed by atoms with Crippen molar-refractivity contribution in [1.82, 2.24) is 0 Å². The molecule has 2 N–H and O–H groups in total. The molecular formula is C23H25FNO2+. The van der Waals surface area contributed by atoms with Gasteiger partial charge in [0, 0.05) is 11.1 Å². The lowest BCUT2D eigenvalue weighted by atomic mass is 10.1. The van der Waals surface area contributed by atoms with Crippen LogP contribution in [-0.4, -0.2) is 7.11 Å². The summed E-state index contributed by atoms with van der Waals surface area (Å²) in [6, 6.07) is 23.2. The summed E-state index contributed by atoms with van der Waals surface area (Å²) < 4.78 is 25.3. The number of hydrogen-bond donors (Lipinski definition) is 1. The van der Waals surface area contributed by atoms with E-state index in [2.05, 4.69) is 24.4 Å². The Morgan fingerprint density at radius 1 is 0.889 bits per heavy atom. The van der Waals surface area contributed by atoms with Crippen molar-refractivity contribution < 1.29 is 19.2 Å². The van der Waals surface area contributed by atoms with Gasteiger partial charge in [-0.15, -0.1) is 0 Å². The van der Waals surface area contributed by atoms with Crippen molar-refractivity contribution in [1.29, 1.82) is 0 Å². The molecule has 0 unspecified atom stereocenters. The molecule has 0 heterocycles. The molecule has 0 spiro atoms. The number of hydrogen-bond acceptors (Lipinski definition) is 2. The second-order valence-electron chi connectivity index (χ2n) is 6.47. The smallest absolute Gasteiger partial charge is 0.170 e. The van der Waals surface area contributed by atoms with Crippen molar-refractivity contribution in [2.24, 2.45) is 0 Å². The summed E-state index contributed by atoms with van der Waals surface area (Å²) in [6.45, 7) is 3.07. The van der Waals surface area contributed by atoms with E-state index in [1.807, 2.05) is 36.4 Å². The molecule has 3 aromatic rings. The summed E-state index contributed by atoms with van der Waals surface area (Å²) in [5.74, 6) is 1.06. The van der Waals surface area contributed by atoms with Gasteiger partial charge in [0.25, 0.3) is 0 Å². The van der Waals surface area contributed by atoms with Gasteiger partial charge in [0.1, 0.15) is 25.0 Å². The Labute approximate surface area is 159 Å². The van der Waals surface area contributed by atoms with Crippen LogP contribution in [0.25, 0.3) is 0 Å². The first-order valence-electron chi connectivity index (χ1n) is 9.09. The van der Waals surface area contributed by atoms with Gasteiger partial charge in [-0.1, -0.05) is 54.6 Å². The van der Waals surface area contributed by atoms with Crippen LogP contribution in [0.1, 0.15) is 29.7 Å². The zero-order valence-electron chi connectivity index (χ0n) is 15.7. The average molecular weight is 366 g/mol. The minimum atomic E-state index is -0.266. The quantitative estimate of drug-likeness (QED) is 0.647. The lowest BCUT2D eigenvalue weighted by Crippen LogP contribution is -2.83. The highest BCUT2D eigenvalue weighted by molar-refractivity contribution is 5.46. The van der Waals surface area contributed by atoms with Crippen molar-refractivity contribution >= 4 is 0 Å². The Balaban J connectivity index is 1.74. The summed E-state index contributed by atoms with van der Waals surface area (Å²) in [5, 5.41) is 2.25. The molecule has 1 atom stereocenters. The second kappa shape index (κ2) is 9.19. The molecule has 3 rings (SSSR count). The van der Waals surface area contributed by atoms with Crippen molar-refractivity contribution in [3.63, 3.8) is 0 Å². The number of quaternary nitrogens is 1. The molecule has 0 saturated heterocycles. The normalized spacial score (nSPS) is 11.8. The van der Waals surface area contributed by atoms with Gasteiger partial charge in [-0.05, 0) is 25.1 Å². The average Bonchev–Trinajstić information content (AvgIpc) is 2.72. The number of methoxy groups -OCH3 is 1. The third-order valence-electron chi connectivity index (χ3n) is 4.63. The number of para-hydroxylation sites is 1. The third kappa shape index (κ3) is 4.86. The van der Waals surface area contributed by atoms with Crippen LogP contribution in [0.15, 0.2) is 72.8 Å². The van der Waals surface area contributed by atoms with E-state index >= 15 is 0 Å². The number of rotatable bonds is 8. The summed E-state index contributed by atoms with van der Waals surface area (Å²) in [4.78, 5) is 0. The molecule has 0 aliphatic rings. The highest BCUT2D eigenvalue weighted by Gasteiger charge is 2.15. The molecule has 0 fully saturated rings. The number of nitrogens with two attached hydrogens (primary N) is 1. The van der Waals surface area contributed by atoms with Crippen LogP contribution in [0.2, 0.25) is 0 Å². The van der Waals surface area contributed by atoms with Crippen LogP contribution < -0.4 is 14.8 Å². The highest BCUT2D eigenvalue weighted by Crippen LogP contribution is 2.31. The molecular weight excluding hydrogens is 341 g/mol. The topological polar surface area (TPSA) is 35.1 Å². The predicted octanol–water partition coefficient (Wildman–Crippen LogP) is 4.24. The van der Waals surface area contributed by atoms with Crippen LogP contribution >= 0.6 is 0 Å². The molecule has 0 amide bonds. The van der Waals surface area contributed by atoms with Crippen LogP contribution in [0.5, 0.6) is 11.5 Å². The maximum absolute atomic E-state index is 13.9. The van der Waals surface area contributed by atoms with Gasteiger partial charge in [-0.2, -0.15) is 0 Å². The standard InChI is InChI=1S/C23H24FNO2/c1-17(18-9-4-3-5-10-18)25-15-19-12-8-14-22(26-2)23(19)27-16-20-11-6-7-13-21(20)24/h3-14,17,25H,15-16H2,1-2H3/p+1/t17-/m1/s1. The van der Waals surface area contributed by atoms with Crippen molar-refractivity contribution in [3.05, 3.63) is 95.3 Å². The molecule has 0 bridgehead atoms. The Morgan fingerprint density at radius 3 is 2.33 bits per heavy atom. The third-order valence-corrected chi connectivity index (χ3v) is 4.63. The Bertz CT molecular complexity index is 867. The van der Waals surface area contributed by atoms with Crippen LogP contribution in [0.3, 0.4) is 0 Å². The fourth-order valence-electron chi connectivity index (χ4n) is 3.01. The number of ether oxygens (including phenoxy) is 2. The Hall–Kier alpha value is -2.85. The van der Waals surface area contributed by atoms with E-state index in [9.17, 15) is 4.39 Å². The molecule has 0 aliphatic carbocycles. The lowest BCUT2D eigenvalue weighted by molar-refractivity contribution is -0.708. The monoisotopic (exact) mass is 366 g/mol. The maximum Gasteiger partial charge on any atom is 0.170 e. The number of benzene rings is 3. The van der Waals surface area contributed by atoms with Gasteiger partial charge in [0.2, 0.25) is 0 Å². The van der Waals surface area contributed by atoms with Crippen molar-refractivity contribution in [3.8, 4) is 11.5 Å². The van der Waals surface area contributed by atoms with Crippen molar-refractivity contribution in [2.75, 3.05) is 7.11 Å². The van der Waals surface area contributed by atoms with Crippen molar-refractivity contribution in [2.45, 2.75) is 26.1 Å². The first-order chi connectivity index (χ1) is 13.2. The van der Waals surface area contributed by atoms with E-state index in [-0.39, 0.29) is 12.4 Å². The molecule has 0 radical (unpaired) electrons. The molecule has 0 aliphatic heterocycles. The maximum atomic E-state index is 13.9. The van der Waals surface area contributed by atoms with Gasteiger partial charge >= 0.3 is 0 Å². The molecule has 3 nitrogen and oxygen atoms in total. The SMILES string of the molecule is COc1cccc(C[NH2+][C@H](C)c2ccccc2)c1OCc1ccccc1F. The summed E-state index contributed by atoms with van der Waals surface area (Å²) in [5.41, 5.74) is 2.82. The largest absolute Gasteiger partial charge is 0.493 e. The van der Waals surface area contributed by atoms with E-state index in [4.69, 9.17) is 9.47 Å². The summed E-state index contributed by atoms with van der Waals surface area (Å²) in [6.07, 6.45) is 0. The molecule has 0 aromatic heterocycles. The Kier molecular flexibility index (Phi) is 6.44. The zero-order chi connectivity index (χ0) is 19.1. The summed E-state index contributed by atoms with van der Waals surface area (Å²) >= 11 is 0. The lowest BCUT2D eigenvalue weighted by Gasteiger charge is -2.16. The highest BCUT2D eigenvalue weighted by atomic mass is 19.1. The van der Waals surface area contributed by atoms with Crippen LogP contribution in [-0.2, 0) is 13.2 Å².